The van der Waals surface area contributed by atoms with Gasteiger partial charge in [-0.3, -0.25) is 0 Å². The van der Waals surface area contributed by atoms with Crippen molar-refractivity contribution < 1.29 is 19.7 Å². The first-order chi connectivity index (χ1) is 10.1. The molecule has 0 unspecified atom stereocenters. The molecule has 2 aromatic carbocycles. The van der Waals surface area contributed by atoms with Gasteiger partial charge in [0.2, 0.25) is 0 Å². The summed E-state index contributed by atoms with van der Waals surface area (Å²) >= 11 is 0. The van der Waals surface area contributed by atoms with Gasteiger partial charge in [0.15, 0.2) is 0 Å². The first-order valence-electron chi connectivity index (χ1n) is 6.87. The zero-order valence-corrected chi connectivity index (χ0v) is 11.9. The lowest BCUT2D eigenvalue weighted by molar-refractivity contribution is 0.0468. The lowest BCUT2D eigenvalue weighted by atomic mass is 10.0. The molecule has 2 rings (SSSR count). The molecule has 4 nitrogen and oxygen atoms in total. The van der Waals surface area contributed by atoms with Gasteiger partial charge < -0.3 is 14.9 Å². The summed E-state index contributed by atoms with van der Waals surface area (Å²) in [5.74, 6) is -0.896. The fraction of sp³-hybridized carbons (Fsp3) is 0.235. The van der Waals surface area contributed by atoms with Gasteiger partial charge in [-0.05, 0) is 23.6 Å². The van der Waals surface area contributed by atoms with Gasteiger partial charge in [-0.2, -0.15) is 0 Å². The molecule has 0 atom stereocenters. The number of aromatic hydroxyl groups is 2. The van der Waals surface area contributed by atoms with Crippen LogP contribution < -0.4 is 0 Å². The molecule has 0 aliphatic carbocycles. The molecule has 4 heteroatoms. The van der Waals surface area contributed by atoms with E-state index in [4.69, 9.17) is 4.74 Å². The van der Waals surface area contributed by atoms with Crippen LogP contribution in [0.15, 0.2) is 42.5 Å². The van der Waals surface area contributed by atoms with Crippen LogP contribution in [0, 0.1) is 0 Å². The molecule has 0 amide bonds. The molecule has 0 aromatic heterocycles. The van der Waals surface area contributed by atoms with Crippen molar-refractivity contribution in [2.75, 3.05) is 0 Å². The maximum absolute atomic E-state index is 12.2. The van der Waals surface area contributed by atoms with E-state index >= 15 is 0 Å². The summed E-state index contributed by atoms with van der Waals surface area (Å²) in [6.45, 7) is 2.10. The Bertz CT molecular complexity index is 620. The Balaban J connectivity index is 2.18. The zero-order chi connectivity index (χ0) is 15.2. The van der Waals surface area contributed by atoms with Crippen LogP contribution >= 0.6 is 0 Å². The van der Waals surface area contributed by atoms with Crippen molar-refractivity contribution in [3.63, 3.8) is 0 Å². The molecule has 0 fully saturated rings. The van der Waals surface area contributed by atoms with Crippen LogP contribution in [0.1, 0.15) is 34.8 Å². The molecule has 0 radical (unpaired) electrons. The van der Waals surface area contributed by atoms with E-state index < -0.39 is 5.97 Å². The van der Waals surface area contributed by atoms with Crippen molar-refractivity contribution in [1.29, 1.82) is 0 Å². The summed E-state index contributed by atoms with van der Waals surface area (Å²) in [6.07, 6.45) is 1.37. The standard InChI is InChI=1S/C17H18O4/c1-2-6-13-9-14(18)10-15(19)16(13)17(20)21-11-12-7-4-3-5-8-12/h3-5,7-10,18-19H,2,6,11H2,1H3. The second kappa shape index (κ2) is 6.79. The number of aryl methyl sites for hydroxylation is 1. The lowest BCUT2D eigenvalue weighted by Crippen LogP contribution is -2.09. The van der Waals surface area contributed by atoms with Crippen molar-refractivity contribution in [1.82, 2.24) is 0 Å². The highest BCUT2D eigenvalue weighted by molar-refractivity contribution is 5.94. The van der Waals surface area contributed by atoms with Crippen LogP contribution in [0.25, 0.3) is 0 Å². The number of phenolic OH excluding ortho intramolecular Hbond substituents is 2. The summed E-state index contributed by atoms with van der Waals surface area (Å²) < 4.78 is 5.24. The summed E-state index contributed by atoms with van der Waals surface area (Å²) in [5.41, 5.74) is 1.60. The van der Waals surface area contributed by atoms with Gasteiger partial charge in [-0.1, -0.05) is 43.7 Å². The molecular formula is C17H18O4. The van der Waals surface area contributed by atoms with Gasteiger partial charge in [-0.25, -0.2) is 4.79 Å². The first-order valence-corrected chi connectivity index (χ1v) is 6.87. The fourth-order valence-corrected chi connectivity index (χ4v) is 2.17. The quantitative estimate of drug-likeness (QED) is 0.827. The highest BCUT2D eigenvalue weighted by atomic mass is 16.5. The summed E-state index contributed by atoms with van der Waals surface area (Å²) in [6, 6.07) is 12.0. The number of hydrogen-bond acceptors (Lipinski definition) is 4. The highest BCUT2D eigenvalue weighted by Crippen LogP contribution is 2.29. The predicted molar refractivity (Wildman–Crippen MR) is 79.3 cm³/mol. The minimum absolute atomic E-state index is 0.0597. The van der Waals surface area contributed by atoms with E-state index in [1.54, 1.807) is 0 Å². The molecule has 0 heterocycles. The minimum Gasteiger partial charge on any atom is -0.508 e. The molecular weight excluding hydrogens is 268 g/mol. The van der Waals surface area contributed by atoms with Crippen LogP contribution in [-0.4, -0.2) is 16.2 Å². The third-order valence-electron chi connectivity index (χ3n) is 3.12. The van der Waals surface area contributed by atoms with Crippen LogP contribution in [0.4, 0.5) is 0 Å². The van der Waals surface area contributed by atoms with E-state index in [0.717, 1.165) is 18.1 Å². The Kier molecular flexibility index (Phi) is 4.82. The molecule has 0 bridgehead atoms. The fourth-order valence-electron chi connectivity index (χ4n) is 2.17. The van der Waals surface area contributed by atoms with Crippen LogP contribution in [0.5, 0.6) is 11.5 Å². The van der Waals surface area contributed by atoms with Crippen molar-refractivity contribution in [3.05, 3.63) is 59.2 Å². The van der Waals surface area contributed by atoms with Gasteiger partial charge in [0.05, 0.1) is 0 Å². The Labute approximate surface area is 123 Å². The van der Waals surface area contributed by atoms with Gasteiger partial charge in [0.1, 0.15) is 23.7 Å². The maximum atomic E-state index is 12.2. The zero-order valence-electron chi connectivity index (χ0n) is 11.9. The Morgan fingerprint density at radius 2 is 1.86 bits per heavy atom. The van der Waals surface area contributed by atoms with Crippen molar-refractivity contribution in [2.24, 2.45) is 0 Å². The Morgan fingerprint density at radius 3 is 2.52 bits per heavy atom. The average Bonchev–Trinajstić information content (AvgIpc) is 2.46. The number of esters is 1. The van der Waals surface area contributed by atoms with Gasteiger partial charge in [0.25, 0.3) is 0 Å². The van der Waals surface area contributed by atoms with E-state index in [1.165, 1.54) is 6.07 Å². The smallest absolute Gasteiger partial charge is 0.342 e. The topological polar surface area (TPSA) is 66.8 Å². The van der Waals surface area contributed by atoms with Crippen molar-refractivity contribution >= 4 is 5.97 Å². The van der Waals surface area contributed by atoms with E-state index in [-0.39, 0.29) is 23.7 Å². The molecule has 0 aliphatic rings. The molecule has 2 aromatic rings. The van der Waals surface area contributed by atoms with Gasteiger partial charge in [0, 0.05) is 6.07 Å². The molecule has 2 N–H and O–H groups in total. The largest absolute Gasteiger partial charge is 0.508 e. The maximum Gasteiger partial charge on any atom is 0.342 e. The van der Waals surface area contributed by atoms with E-state index in [0.29, 0.717) is 12.0 Å². The molecule has 0 saturated carbocycles. The van der Waals surface area contributed by atoms with Gasteiger partial charge >= 0.3 is 5.97 Å². The molecule has 0 aliphatic heterocycles. The van der Waals surface area contributed by atoms with Crippen LogP contribution in [0.3, 0.4) is 0 Å². The number of ether oxygens (including phenoxy) is 1. The summed E-state index contributed by atoms with van der Waals surface area (Å²) in [5, 5.41) is 19.4. The summed E-state index contributed by atoms with van der Waals surface area (Å²) in [7, 11) is 0. The monoisotopic (exact) mass is 286 g/mol. The Hall–Kier alpha value is -2.49. The van der Waals surface area contributed by atoms with Gasteiger partial charge in [-0.15, -0.1) is 0 Å². The molecule has 21 heavy (non-hydrogen) atoms. The summed E-state index contributed by atoms with van der Waals surface area (Å²) in [4.78, 5) is 12.2. The third-order valence-corrected chi connectivity index (χ3v) is 3.12. The number of rotatable bonds is 5. The van der Waals surface area contributed by atoms with Crippen molar-refractivity contribution in [2.45, 2.75) is 26.4 Å². The van der Waals surface area contributed by atoms with Crippen LogP contribution in [-0.2, 0) is 17.8 Å². The van der Waals surface area contributed by atoms with E-state index in [9.17, 15) is 15.0 Å². The number of benzene rings is 2. The first kappa shape index (κ1) is 14.9. The molecule has 0 spiro atoms. The number of carbonyl (C=O) groups excluding carboxylic acids is 1. The van der Waals surface area contributed by atoms with Crippen molar-refractivity contribution in [3.8, 4) is 11.5 Å². The average molecular weight is 286 g/mol. The molecule has 110 valence electrons. The second-order valence-corrected chi connectivity index (χ2v) is 4.81. The Morgan fingerprint density at radius 1 is 1.14 bits per heavy atom. The number of hydrogen-bond donors (Lipinski definition) is 2. The van der Waals surface area contributed by atoms with Crippen LogP contribution in [0.2, 0.25) is 0 Å². The SMILES string of the molecule is CCCc1cc(O)cc(O)c1C(=O)OCc1ccccc1. The number of carbonyl (C=O) groups is 1. The normalized spacial score (nSPS) is 10.3. The number of phenols is 2. The highest BCUT2D eigenvalue weighted by Gasteiger charge is 2.19. The second-order valence-electron chi connectivity index (χ2n) is 4.81. The third kappa shape index (κ3) is 3.75. The van der Waals surface area contributed by atoms with E-state index in [1.807, 2.05) is 37.3 Å². The molecule has 0 saturated heterocycles. The lowest BCUT2D eigenvalue weighted by Gasteiger charge is -2.11. The predicted octanol–water partition coefficient (Wildman–Crippen LogP) is 3.41. The minimum atomic E-state index is -0.584. The van der Waals surface area contributed by atoms with E-state index in [2.05, 4.69) is 0 Å².